The van der Waals surface area contributed by atoms with Gasteiger partial charge in [0.15, 0.2) is 0 Å². The number of rotatable bonds is 4. The monoisotopic (exact) mass is 462 g/mol. The SMILES string of the molecule is O=C(c1cccc(Oc2ncccn2)c1)N1CCC[C@]2(CC1)CN(c1cccc(F)c1)C(=O)O2. The van der Waals surface area contributed by atoms with Crippen LogP contribution in [0.15, 0.2) is 67.0 Å². The number of amides is 2. The highest BCUT2D eigenvalue weighted by atomic mass is 19.1. The third-order valence-electron chi connectivity index (χ3n) is 6.11. The van der Waals surface area contributed by atoms with Crippen LogP contribution >= 0.6 is 0 Å². The maximum atomic E-state index is 13.7. The number of hydrogen-bond acceptors (Lipinski definition) is 6. The summed E-state index contributed by atoms with van der Waals surface area (Å²) in [4.78, 5) is 37.1. The van der Waals surface area contributed by atoms with E-state index < -0.39 is 17.5 Å². The number of aromatic nitrogens is 2. The van der Waals surface area contributed by atoms with Gasteiger partial charge < -0.3 is 14.4 Å². The van der Waals surface area contributed by atoms with Crippen LogP contribution in [0.5, 0.6) is 11.8 Å². The Bertz CT molecular complexity index is 1210. The zero-order valence-electron chi connectivity index (χ0n) is 18.4. The van der Waals surface area contributed by atoms with Crippen molar-refractivity contribution >= 4 is 17.7 Å². The molecule has 3 aromatic rings. The first kappa shape index (κ1) is 21.8. The molecular formula is C25H23FN4O4. The molecule has 8 nitrogen and oxygen atoms in total. The zero-order valence-corrected chi connectivity index (χ0v) is 18.4. The van der Waals surface area contributed by atoms with E-state index in [1.165, 1.54) is 17.0 Å². The van der Waals surface area contributed by atoms with Gasteiger partial charge in [-0.2, -0.15) is 0 Å². The normalized spacial score (nSPS) is 20.2. The van der Waals surface area contributed by atoms with Gasteiger partial charge in [-0.05, 0) is 55.3 Å². The topological polar surface area (TPSA) is 84.9 Å². The Balaban J connectivity index is 1.27. The van der Waals surface area contributed by atoms with Gasteiger partial charge in [0.05, 0.1) is 12.2 Å². The van der Waals surface area contributed by atoms with E-state index >= 15 is 0 Å². The lowest BCUT2D eigenvalue weighted by atomic mass is 9.95. The molecule has 2 saturated heterocycles. The molecule has 1 spiro atoms. The molecule has 9 heteroatoms. The maximum Gasteiger partial charge on any atom is 0.415 e. The number of ether oxygens (including phenoxy) is 2. The van der Waals surface area contributed by atoms with Gasteiger partial charge in [0.2, 0.25) is 0 Å². The Labute approximate surface area is 195 Å². The van der Waals surface area contributed by atoms with Gasteiger partial charge in [0.1, 0.15) is 17.2 Å². The summed E-state index contributed by atoms with van der Waals surface area (Å²) in [5.41, 5.74) is 0.265. The van der Waals surface area contributed by atoms with Crippen LogP contribution in [0, 0.1) is 5.82 Å². The molecule has 5 rings (SSSR count). The molecule has 2 aliphatic heterocycles. The number of hydrogen-bond donors (Lipinski definition) is 0. The molecule has 0 saturated carbocycles. The summed E-state index contributed by atoms with van der Waals surface area (Å²) in [6.07, 6.45) is 4.49. The molecule has 2 aliphatic rings. The van der Waals surface area contributed by atoms with Crippen molar-refractivity contribution in [1.29, 1.82) is 0 Å². The number of nitrogens with zero attached hydrogens (tertiary/aromatic N) is 4. The zero-order chi connectivity index (χ0) is 23.5. The molecule has 2 aromatic carbocycles. The number of benzene rings is 2. The fraction of sp³-hybridized carbons (Fsp3) is 0.280. The second-order valence-corrected chi connectivity index (χ2v) is 8.42. The van der Waals surface area contributed by atoms with Crippen molar-refractivity contribution in [1.82, 2.24) is 14.9 Å². The molecule has 0 radical (unpaired) electrons. The third-order valence-corrected chi connectivity index (χ3v) is 6.11. The van der Waals surface area contributed by atoms with E-state index in [1.54, 1.807) is 59.8 Å². The summed E-state index contributed by atoms with van der Waals surface area (Å²) in [7, 11) is 0. The average molecular weight is 462 g/mol. The molecule has 0 aliphatic carbocycles. The lowest BCUT2D eigenvalue weighted by molar-refractivity contribution is 0.0438. The summed E-state index contributed by atoms with van der Waals surface area (Å²) in [6.45, 7) is 1.32. The highest BCUT2D eigenvalue weighted by molar-refractivity contribution is 5.94. The van der Waals surface area contributed by atoms with Crippen LogP contribution < -0.4 is 9.64 Å². The smallest absolute Gasteiger partial charge is 0.415 e. The van der Waals surface area contributed by atoms with E-state index in [-0.39, 0.29) is 11.9 Å². The van der Waals surface area contributed by atoms with Crippen molar-refractivity contribution in [3.63, 3.8) is 0 Å². The Kier molecular flexibility index (Phi) is 5.83. The van der Waals surface area contributed by atoms with Crippen molar-refractivity contribution in [2.24, 2.45) is 0 Å². The predicted molar refractivity (Wildman–Crippen MR) is 121 cm³/mol. The fourth-order valence-electron chi connectivity index (χ4n) is 4.42. The van der Waals surface area contributed by atoms with E-state index in [9.17, 15) is 14.0 Å². The largest absolute Gasteiger partial charge is 0.441 e. The molecule has 34 heavy (non-hydrogen) atoms. The van der Waals surface area contributed by atoms with Crippen LogP contribution in [0.25, 0.3) is 0 Å². The van der Waals surface area contributed by atoms with Gasteiger partial charge in [-0.25, -0.2) is 19.2 Å². The molecule has 3 heterocycles. The third kappa shape index (κ3) is 4.54. The second-order valence-electron chi connectivity index (χ2n) is 8.42. The lowest BCUT2D eigenvalue weighted by Gasteiger charge is -2.25. The molecule has 1 atom stereocenters. The minimum atomic E-state index is -0.700. The summed E-state index contributed by atoms with van der Waals surface area (Å²) in [5.74, 6) is -0.0597. The first-order chi connectivity index (χ1) is 16.5. The molecule has 2 fully saturated rings. The van der Waals surface area contributed by atoms with Crippen molar-refractivity contribution in [2.45, 2.75) is 24.9 Å². The number of carbonyl (C=O) groups is 2. The Morgan fingerprint density at radius 2 is 1.85 bits per heavy atom. The Hall–Kier alpha value is -4.01. The molecular weight excluding hydrogens is 439 g/mol. The average Bonchev–Trinajstić information content (AvgIpc) is 3.03. The molecule has 0 bridgehead atoms. The van der Waals surface area contributed by atoms with Gasteiger partial charge in [0.25, 0.3) is 5.91 Å². The van der Waals surface area contributed by atoms with Crippen LogP contribution in [0.3, 0.4) is 0 Å². The van der Waals surface area contributed by atoms with E-state index in [0.717, 1.165) is 0 Å². The van der Waals surface area contributed by atoms with Gasteiger partial charge in [-0.3, -0.25) is 9.69 Å². The van der Waals surface area contributed by atoms with Crippen LogP contribution in [0.1, 0.15) is 29.6 Å². The molecule has 2 amide bonds. The van der Waals surface area contributed by atoms with E-state index in [0.29, 0.717) is 55.9 Å². The van der Waals surface area contributed by atoms with Crippen molar-refractivity contribution in [2.75, 3.05) is 24.5 Å². The van der Waals surface area contributed by atoms with E-state index in [1.807, 2.05) is 0 Å². The maximum absolute atomic E-state index is 13.7. The lowest BCUT2D eigenvalue weighted by Crippen LogP contribution is -2.37. The summed E-state index contributed by atoms with van der Waals surface area (Å²) < 4.78 is 25.1. The molecule has 174 valence electrons. The Morgan fingerprint density at radius 1 is 1.03 bits per heavy atom. The van der Waals surface area contributed by atoms with Crippen molar-refractivity contribution < 1.29 is 23.5 Å². The van der Waals surface area contributed by atoms with Gasteiger partial charge in [-0.15, -0.1) is 0 Å². The molecule has 1 aromatic heterocycles. The summed E-state index contributed by atoms with van der Waals surface area (Å²) in [5, 5.41) is 0. The van der Waals surface area contributed by atoms with Crippen molar-refractivity contribution in [3.05, 3.63) is 78.4 Å². The second kappa shape index (κ2) is 9.09. The molecule has 0 N–H and O–H groups in total. The summed E-state index contributed by atoms with van der Waals surface area (Å²) >= 11 is 0. The van der Waals surface area contributed by atoms with E-state index in [2.05, 4.69) is 9.97 Å². The highest BCUT2D eigenvalue weighted by Gasteiger charge is 2.46. The van der Waals surface area contributed by atoms with Crippen LogP contribution in [0.4, 0.5) is 14.9 Å². The van der Waals surface area contributed by atoms with Crippen molar-refractivity contribution in [3.8, 4) is 11.8 Å². The molecule has 0 unspecified atom stereocenters. The first-order valence-corrected chi connectivity index (χ1v) is 11.1. The fourth-order valence-corrected chi connectivity index (χ4v) is 4.42. The minimum absolute atomic E-state index is 0.122. The Morgan fingerprint density at radius 3 is 2.68 bits per heavy atom. The standard InChI is InChI=1S/C25H23FN4O4/c26-19-6-2-7-20(16-19)30-17-25(34-24(30)32)9-3-13-29(14-10-25)22(31)18-5-1-8-21(15-18)33-23-27-11-4-12-28-23/h1-2,4-8,11-12,15-16H,3,9-10,13-14,17H2/t25-/m0/s1. The summed E-state index contributed by atoms with van der Waals surface area (Å²) in [6, 6.07) is 14.7. The van der Waals surface area contributed by atoms with Crippen LogP contribution in [-0.2, 0) is 4.74 Å². The number of halogens is 1. The van der Waals surface area contributed by atoms with Crippen LogP contribution in [-0.4, -0.2) is 52.1 Å². The van der Waals surface area contributed by atoms with Crippen LogP contribution in [0.2, 0.25) is 0 Å². The number of likely N-dealkylation sites (tertiary alicyclic amines) is 1. The van der Waals surface area contributed by atoms with Gasteiger partial charge >= 0.3 is 12.1 Å². The number of carbonyl (C=O) groups excluding carboxylic acids is 2. The minimum Gasteiger partial charge on any atom is -0.441 e. The quantitative estimate of drug-likeness (QED) is 0.570. The first-order valence-electron chi connectivity index (χ1n) is 11.1. The van der Waals surface area contributed by atoms with E-state index in [4.69, 9.17) is 9.47 Å². The number of anilines is 1. The predicted octanol–water partition coefficient (Wildman–Crippen LogP) is 4.43. The highest BCUT2D eigenvalue weighted by Crippen LogP contribution is 2.36. The van der Waals surface area contributed by atoms with Gasteiger partial charge in [-0.1, -0.05) is 12.1 Å². The van der Waals surface area contributed by atoms with Gasteiger partial charge in [0, 0.05) is 37.5 Å².